The van der Waals surface area contributed by atoms with E-state index < -0.39 is 10.0 Å². The third kappa shape index (κ3) is 5.85. The maximum absolute atomic E-state index is 12.7. The molecule has 1 aromatic heterocycles. The molecule has 8 nitrogen and oxygen atoms in total. The fourth-order valence-corrected chi connectivity index (χ4v) is 6.36. The molecule has 2 aromatic carbocycles. The number of carbonyl (C=O) groups excluding carboxylic acids is 1. The van der Waals surface area contributed by atoms with Crippen molar-refractivity contribution in [2.75, 3.05) is 29.5 Å². The van der Waals surface area contributed by atoms with Gasteiger partial charge in [0.2, 0.25) is 21.1 Å². The van der Waals surface area contributed by atoms with Crippen LogP contribution in [-0.2, 0) is 21.4 Å². The van der Waals surface area contributed by atoms with Crippen LogP contribution in [0.1, 0.15) is 18.4 Å². The van der Waals surface area contributed by atoms with Crippen LogP contribution < -0.4 is 10.6 Å². The Balaban J connectivity index is 1.29. The second kappa shape index (κ2) is 10.4. The zero-order valence-corrected chi connectivity index (χ0v) is 19.7. The Hall–Kier alpha value is -2.47. The van der Waals surface area contributed by atoms with Gasteiger partial charge in [-0.1, -0.05) is 59.5 Å². The highest BCUT2D eigenvalue weighted by molar-refractivity contribution is 8.01. The molecular formula is C21H23N5O3S3. The monoisotopic (exact) mass is 489 g/mol. The van der Waals surface area contributed by atoms with Gasteiger partial charge in [-0.3, -0.25) is 4.79 Å². The standard InChI is InChI=1S/C21H23N5O3S3/c27-19(15-30-21-25-24-20(31-21)22-14-16-7-2-1-3-8-16)23-17-9-6-10-18(13-17)32(28,29)26-11-4-5-12-26/h1-3,6-10,13H,4-5,11-12,14-15H2,(H,22,24)(H,23,27). The molecule has 0 aliphatic carbocycles. The molecule has 2 N–H and O–H groups in total. The molecule has 0 unspecified atom stereocenters. The molecule has 1 aliphatic rings. The number of amides is 1. The van der Waals surface area contributed by atoms with E-state index in [0.717, 1.165) is 18.4 Å². The minimum Gasteiger partial charge on any atom is -0.356 e. The smallest absolute Gasteiger partial charge is 0.243 e. The first-order chi connectivity index (χ1) is 15.5. The van der Waals surface area contributed by atoms with Crippen LogP contribution in [-0.4, -0.2) is 47.7 Å². The largest absolute Gasteiger partial charge is 0.356 e. The van der Waals surface area contributed by atoms with Crippen LogP contribution in [0.15, 0.2) is 63.8 Å². The van der Waals surface area contributed by atoms with Crippen molar-refractivity contribution in [3.8, 4) is 0 Å². The highest BCUT2D eigenvalue weighted by Crippen LogP contribution is 2.27. The van der Waals surface area contributed by atoms with Crippen LogP contribution in [0.3, 0.4) is 0 Å². The second-order valence-electron chi connectivity index (χ2n) is 7.19. The van der Waals surface area contributed by atoms with E-state index in [4.69, 9.17) is 0 Å². The van der Waals surface area contributed by atoms with Crippen molar-refractivity contribution in [3.05, 3.63) is 60.2 Å². The Morgan fingerprint density at radius 1 is 1.06 bits per heavy atom. The van der Waals surface area contributed by atoms with Crippen molar-refractivity contribution in [2.24, 2.45) is 0 Å². The fourth-order valence-electron chi connectivity index (χ4n) is 3.25. The van der Waals surface area contributed by atoms with Gasteiger partial charge in [0, 0.05) is 25.3 Å². The average molecular weight is 490 g/mol. The third-order valence-corrected chi connectivity index (χ3v) is 8.75. The Labute approximate surface area is 195 Å². The van der Waals surface area contributed by atoms with Crippen LogP contribution in [0.2, 0.25) is 0 Å². The molecule has 1 saturated heterocycles. The van der Waals surface area contributed by atoms with Gasteiger partial charge in [-0.25, -0.2) is 8.42 Å². The zero-order valence-electron chi connectivity index (χ0n) is 17.2. The van der Waals surface area contributed by atoms with E-state index in [1.807, 2.05) is 30.3 Å². The third-order valence-electron chi connectivity index (χ3n) is 4.84. The number of hydrogen-bond donors (Lipinski definition) is 2. The van der Waals surface area contributed by atoms with E-state index in [0.29, 0.717) is 34.8 Å². The summed E-state index contributed by atoms with van der Waals surface area (Å²) in [5.74, 6) is -0.0871. The summed E-state index contributed by atoms with van der Waals surface area (Å²) in [7, 11) is -3.52. The number of nitrogens with zero attached hydrogens (tertiary/aromatic N) is 3. The predicted octanol–water partition coefficient (Wildman–Crippen LogP) is 3.67. The van der Waals surface area contributed by atoms with E-state index in [9.17, 15) is 13.2 Å². The van der Waals surface area contributed by atoms with E-state index in [2.05, 4.69) is 20.8 Å². The summed E-state index contributed by atoms with van der Waals surface area (Å²) in [5.41, 5.74) is 1.60. The summed E-state index contributed by atoms with van der Waals surface area (Å²) in [6.07, 6.45) is 1.75. The molecule has 1 amide bonds. The van der Waals surface area contributed by atoms with Crippen molar-refractivity contribution < 1.29 is 13.2 Å². The number of hydrogen-bond acceptors (Lipinski definition) is 8. The number of aromatic nitrogens is 2. The van der Waals surface area contributed by atoms with Crippen molar-refractivity contribution >= 4 is 49.8 Å². The summed E-state index contributed by atoms with van der Waals surface area (Å²) in [6, 6.07) is 16.4. The fraction of sp³-hybridized carbons (Fsp3) is 0.286. The number of thioether (sulfide) groups is 1. The van der Waals surface area contributed by atoms with Crippen LogP contribution >= 0.6 is 23.1 Å². The summed E-state index contributed by atoms with van der Waals surface area (Å²) >= 11 is 2.67. The van der Waals surface area contributed by atoms with Crippen LogP contribution in [0, 0.1) is 0 Å². The molecule has 1 fully saturated rings. The van der Waals surface area contributed by atoms with E-state index in [-0.39, 0.29) is 16.6 Å². The number of rotatable bonds is 9. The first-order valence-corrected chi connectivity index (χ1v) is 13.4. The normalized spacial score (nSPS) is 14.4. The van der Waals surface area contributed by atoms with Gasteiger partial charge in [-0.05, 0) is 36.6 Å². The van der Waals surface area contributed by atoms with Crippen LogP contribution in [0.25, 0.3) is 0 Å². The predicted molar refractivity (Wildman–Crippen MR) is 127 cm³/mol. The number of nitrogens with one attached hydrogen (secondary N) is 2. The molecule has 11 heteroatoms. The lowest BCUT2D eigenvalue weighted by atomic mass is 10.2. The Bertz CT molecular complexity index is 1160. The quantitative estimate of drug-likeness (QED) is 0.442. The summed E-state index contributed by atoms with van der Waals surface area (Å²) in [6.45, 7) is 1.73. The van der Waals surface area contributed by atoms with Crippen LogP contribution in [0.4, 0.5) is 10.8 Å². The molecule has 0 spiro atoms. The molecule has 2 heterocycles. The van der Waals surface area contributed by atoms with Crippen molar-refractivity contribution in [2.45, 2.75) is 28.6 Å². The van der Waals surface area contributed by atoms with E-state index in [1.54, 1.807) is 18.2 Å². The van der Waals surface area contributed by atoms with Gasteiger partial charge in [0.25, 0.3) is 0 Å². The molecular weight excluding hydrogens is 466 g/mol. The van der Waals surface area contributed by atoms with Gasteiger partial charge in [-0.2, -0.15) is 4.31 Å². The second-order valence-corrected chi connectivity index (χ2v) is 11.3. The first-order valence-electron chi connectivity index (χ1n) is 10.1. The Kier molecular flexibility index (Phi) is 7.40. The lowest BCUT2D eigenvalue weighted by molar-refractivity contribution is -0.113. The van der Waals surface area contributed by atoms with Gasteiger partial charge < -0.3 is 10.6 Å². The molecule has 3 aromatic rings. The van der Waals surface area contributed by atoms with Crippen molar-refractivity contribution in [3.63, 3.8) is 0 Å². The molecule has 0 saturated carbocycles. The molecule has 1 aliphatic heterocycles. The number of anilines is 2. The Morgan fingerprint density at radius 3 is 2.62 bits per heavy atom. The SMILES string of the molecule is O=C(CSc1nnc(NCc2ccccc2)s1)Nc1cccc(S(=O)(=O)N2CCCC2)c1. The minimum atomic E-state index is -3.52. The summed E-state index contributed by atoms with van der Waals surface area (Å²) in [4.78, 5) is 12.6. The van der Waals surface area contributed by atoms with Crippen molar-refractivity contribution in [1.82, 2.24) is 14.5 Å². The van der Waals surface area contributed by atoms with Gasteiger partial charge in [0.15, 0.2) is 4.34 Å². The van der Waals surface area contributed by atoms with Crippen LogP contribution in [0.5, 0.6) is 0 Å². The minimum absolute atomic E-state index is 0.149. The molecule has 0 atom stereocenters. The molecule has 168 valence electrons. The molecule has 32 heavy (non-hydrogen) atoms. The van der Waals surface area contributed by atoms with Gasteiger partial charge in [-0.15, -0.1) is 10.2 Å². The zero-order chi connectivity index (χ0) is 22.4. The number of sulfonamides is 1. The molecule has 0 radical (unpaired) electrons. The van der Waals surface area contributed by atoms with Crippen molar-refractivity contribution in [1.29, 1.82) is 0 Å². The lowest BCUT2D eigenvalue weighted by Crippen LogP contribution is -2.28. The average Bonchev–Trinajstić information content (AvgIpc) is 3.50. The van der Waals surface area contributed by atoms with Gasteiger partial charge in [0.1, 0.15) is 0 Å². The first kappa shape index (κ1) is 22.7. The maximum atomic E-state index is 12.7. The van der Waals surface area contributed by atoms with Gasteiger partial charge in [0.05, 0.1) is 10.6 Å². The molecule has 0 bridgehead atoms. The maximum Gasteiger partial charge on any atom is 0.243 e. The number of carbonyl (C=O) groups is 1. The Morgan fingerprint density at radius 2 is 1.84 bits per heavy atom. The van der Waals surface area contributed by atoms with Gasteiger partial charge >= 0.3 is 0 Å². The van der Waals surface area contributed by atoms with E-state index >= 15 is 0 Å². The highest BCUT2D eigenvalue weighted by Gasteiger charge is 2.27. The summed E-state index contributed by atoms with van der Waals surface area (Å²) in [5, 5.41) is 14.9. The highest BCUT2D eigenvalue weighted by atomic mass is 32.2. The lowest BCUT2D eigenvalue weighted by Gasteiger charge is -2.16. The molecule has 4 rings (SSSR count). The topological polar surface area (TPSA) is 104 Å². The van der Waals surface area contributed by atoms with E-state index in [1.165, 1.54) is 33.5 Å². The summed E-state index contributed by atoms with van der Waals surface area (Å²) < 4.78 is 27.6. The number of benzene rings is 2.